The molecular weight excluding hydrogens is 394 g/mol. The van der Waals surface area contributed by atoms with Gasteiger partial charge in [0, 0.05) is 48.0 Å². The van der Waals surface area contributed by atoms with E-state index in [1.807, 2.05) is 60.7 Å². The Morgan fingerprint density at radius 2 is 1.37 bits per heavy atom. The number of anilines is 4. The average Bonchev–Trinajstić information content (AvgIpc) is 2.80. The summed E-state index contributed by atoms with van der Waals surface area (Å²) in [4.78, 5) is 14.4. The zero-order valence-corrected chi connectivity index (χ0v) is 17.3. The summed E-state index contributed by atoms with van der Waals surface area (Å²) in [6, 6.07) is 26.3. The number of nitrogens with zero attached hydrogens (tertiary/aromatic N) is 4. The molecule has 5 nitrogen and oxygen atoms in total. The van der Waals surface area contributed by atoms with Crippen molar-refractivity contribution in [3.8, 4) is 0 Å². The first-order valence-corrected chi connectivity index (χ1v) is 10.5. The van der Waals surface area contributed by atoms with Crippen LogP contribution in [0.3, 0.4) is 0 Å². The van der Waals surface area contributed by atoms with E-state index in [2.05, 4.69) is 33.3 Å². The van der Waals surface area contributed by atoms with Gasteiger partial charge in [-0.05, 0) is 48.5 Å². The molecule has 0 atom stereocenters. The van der Waals surface area contributed by atoms with Crippen molar-refractivity contribution in [3.63, 3.8) is 0 Å². The number of rotatable bonds is 4. The first-order chi connectivity index (χ1) is 14.8. The van der Waals surface area contributed by atoms with E-state index in [0.29, 0.717) is 0 Å². The van der Waals surface area contributed by atoms with Crippen molar-refractivity contribution in [2.24, 2.45) is 0 Å². The number of benzene rings is 3. The van der Waals surface area contributed by atoms with Crippen LogP contribution in [0.25, 0.3) is 10.9 Å². The van der Waals surface area contributed by atoms with Gasteiger partial charge in [-0.25, -0.2) is 4.98 Å². The highest BCUT2D eigenvalue weighted by Gasteiger charge is 2.20. The van der Waals surface area contributed by atoms with E-state index in [-0.39, 0.29) is 0 Å². The molecule has 3 aromatic carbocycles. The number of halogens is 1. The van der Waals surface area contributed by atoms with Gasteiger partial charge in [0.15, 0.2) is 0 Å². The van der Waals surface area contributed by atoms with Crippen molar-refractivity contribution >= 4 is 45.6 Å². The van der Waals surface area contributed by atoms with Crippen molar-refractivity contribution in [1.82, 2.24) is 9.97 Å². The first-order valence-electron chi connectivity index (χ1n) is 10.1. The predicted molar refractivity (Wildman–Crippen MR) is 125 cm³/mol. The fourth-order valence-corrected chi connectivity index (χ4v) is 3.90. The maximum atomic E-state index is 6.03. The Balaban J connectivity index is 1.40. The zero-order chi connectivity index (χ0) is 20.3. The van der Waals surface area contributed by atoms with Gasteiger partial charge >= 0.3 is 0 Å². The Kier molecular flexibility index (Phi) is 5.11. The van der Waals surface area contributed by atoms with Crippen LogP contribution in [0, 0.1) is 0 Å². The fraction of sp³-hybridized carbons (Fsp3) is 0.167. The monoisotopic (exact) mass is 415 g/mol. The normalized spacial score (nSPS) is 14.2. The highest BCUT2D eigenvalue weighted by molar-refractivity contribution is 6.30. The first kappa shape index (κ1) is 18.7. The molecule has 1 aliphatic heterocycles. The van der Waals surface area contributed by atoms with Crippen LogP contribution >= 0.6 is 11.6 Å². The van der Waals surface area contributed by atoms with E-state index in [4.69, 9.17) is 21.6 Å². The maximum Gasteiger partial charge on any atom is 0.228 e. The summed E-state index contributed by atoms with van der Waals surface area (Å²) in [5.74, 6) is 1.60. The van der Waals surface area contributed by atoms with E-state index >= 15 is 0 Å². The van der Waals surface area contributed by atoms with Crippen LogP contribution in [0.5, 0.6) is 0 Å². The van der Waals surface area contributed by atoms with E-state index in [1.165, 1.54) is 5.69 Å². The number of piperazine rings is 1. The number of nitrogens with one attached hydrogen (secondary N) is 1. The lowest BCUT2D eigenvalue weighted by atomic mass is 10.2. The smallest absolute Gasteiger partial charge is 0.228 e. The Morgan fingerprint density at radius 1 is 0.700 bits per heavy atom. The van der Waals surface area contributed by atoms with Gasteiger partial charge in [0.2, 0.25) is 5.95 Å². The summed E-state index contributed by atoms with van der Waals surface area (Å²) in [7, 11) is 0. The van der Waals surface area contributed by atoms with Gasteiger partial charge in [-0.1, -0.05) is 41.9 Å². The van der Waals surface area contributed by atoms with Crippen LogP contribution in [0.2, 0.25) is 5.02 Å². The van der Waals surface area contributed by atoms with Crippen LogP contribution in [-0.4, -0.2) is 36.1 Å². The molecule has 1 saturated heterocycles. The molecule has 2 heterocycles. The third-order valence-electron chi connectivity index (χ3n) is 5.38. The van der Waals surface area contributed by atoms with Gasteiger partial charge in [0.05, 0.1) is 5.52 Å². The highest BCUT2D eigenvalue weighted by atomic mass is 35.5. The molecule has 1 aliphatic rings. The molecule has 150 valence electrons. The Labute approximate surface area is 180 Å². The summed E-state index contributed by atoms with van der Waals surface area (Å²) in [6.07, 6.45) is 0. The van der Waals surface area contributed by atoms with Crippen molar-refractivity contribution in [1.29, 1.82) is 0 Å². The van der Waals surface area contributed by atoms with Gasteiger partial charge in [-0.2, -0.15) is 4.98 Å². The minimum Gasteiger partial charge on any atom is -0.368 e. The van der Waals surface area contributed by atoms with E-state index in [1.54, 1.807) is 0 Å². The lowest BCUT2D eigenvalue weighted by molar-refractivity contribution is 0.641. The minimum absolute atomic E-state index is 0.764. The molecule has 30 heavy (non-hydrogen) atoms. The standard InChI is InChI=1S/C24H22ClN5/c25-18-10-12-20(13-11-18)29-14-16-30(17-15-29)24-27-22-9-5-4-8-21(22)23(28-24)26-19-6-2-1-3-7-19/h1-13H,14-17H2,(H,26,27,28). The van der Waals surface area contributed by atoms with Gasteiger partial charge in [0.1, 0.15) is 5.82 Å². The topological polar surface area (TPSA) is 44.3 Å². The van der Waals surface area contributed by atoms with E-state index in [0.717, 1.165) is 59.6 Å². The summed E-state index contributed by atoms with van der Waals surface area (Å²) in [6.45, 7) is 3.57. The van der Waals surface area contributed by atoms with Crippen LogP contribution < -0.4 is 15.1 Å². The van der Waals surface area contributed by atoms with Gasteiger partial charge in [-0.3, -0.25) is 0 Å². The third-order valence-corrected chi connectivity index (χ3v) is 5.63. The van der Waals surface area contributed by atoms with Crippen LogP contribution in [0.1, 0.15) is 0 Å². The third kappa shape index (κ3) is 3.89. The second-order valence-corrected chi connectivity index (χ2v) is 7.77. The average molecular weight is 416 g/mol. The van der Waals surface area contributed by atoms with Crippen molar-refractivity contribution in [2.45, 2.75) is 0 Å². The molecule has 4 aromatic rings. The number of fused-ring (bicyclic) bond motifs is 1. The molecular formula is C24H22ClN5. The second kappa shape index (κ2) is 8.20. The highest BCUT2D eigenvalue weighted by Crippen LogP contribution is 2.27. The molecule has 0 amide bonds. The molecule has 1 N–H and O–H groups in total. The molecule has 0 bridgehead atoms. The van der Waals surface area contributed by atoms with Crippen LogP contribution in [0.15, 0.2) is 78.9 Å². The summed E-state index contributed by atoms with van der Waals surface area (Å²) < 4.78 is 0. The predicted octanol–water partition coefficient (Wildman–Crippen LogP) is 5.35. The lowest BCUT2D eigenvalue weighted by Gasteiger charge is -2.36. The summed E-state index contributed by atoms with van der Waals surface area (Å²) in [5.41, 5.74) is 3.16. The van der Waals surface area contributed by atoms with Crippen LogP contribution in [0.4, 0.5) is 23.1 Å². The van der Waals surface area contributed by atoms with Gasteiger partial charge < -0.3 is 15.1 Å². The molecule has 0 saturated carbocycles. The van der Waals surface area contributed by atoms with Crippen molar-refractivity contribution in [2.75, 3.05) is 41.3 Å². The second-order valence-electron chi connectivity index (χ2n) is 7.33. The van der Waals surface area contributed by atoms with Crippen molar-refractivity contribution in [3.05, 3.63) is 83.9 Å². The van der Waals surface area contributed by atoms with Gasteiger partial charge in [0.25, 0.3) is 0 Å². The minimum atomic E-state index is 0.764. The molecule has 1 aromatic heterocycles. The van der Waals surface area contributed by atoms with Gasteiger partial charge in [-0.15, -0.1) is 0 Å². The van der Waals surface area contributed by atoms with E-state index in [9.17, 15) is 0 Å². The van der Waals surface area contributed by atoms with E-state index < -0.39 is 0 Å². The molecule has 0 aliphatic carbocycles. The Morgan fingerprint density at radius 3 is 2.13 bits per heavy atom. The maximum absolute atomic E-state index is 6.03. The summed E-state index contributed by atoms with van der Waals surface area (Å²) in [5, 5.41) is 5.25. The lowest BCUT2D eigenvalue weighted by Crippen LogP contribution is -2.47. The fourth-order valence-electron chi connectivity index (χ4n) is 3.78. The molecule has 5 rings (SSSR count). The molecule has 0 spiro atoms. The van der Waals surface area contributed by atoms with Crippen LogP contribution in [-0.2, 0) is 0 Å². The SMILES string of the molecule is Clc1ccc(N2CCN(c3nc(Nc4ccccc4)c4ccccc4n3)CC2)cc1. The largest absolute Gasteiger partial charge is 0.368 e. The molecule has 0 unspecified atom stereocenters. The number of hydrogen-bond donors (Lipinski definition) is 1. The summed E-state index contributed by atoms with van der Waals surface area (Å²) >= 11 is 6.03. The molecule has 6 heteroatoms. The number of hydrogen-bond acceptors (Lipinski definition) is 5. The quantitative estimate of drug-likeness (QED) is 0.486. The molecule has 0 radical (unpaired) electrons. The zero-order valence-electron chi connectivity index (χ0n) is 16.5. The number of aromatic nitrogens is 2. The number of para-hydroxylation sites is 2. The molecule has 1 fully saturated rings. The Bertz CT molecular complexity index is 1140. The van der Waals surface area contributed by atoms with Crippen molar-refractivity contribution < 1.29 is 0 Å². The Hall–Kier alpha value is -3.31.